The van der Waals surface area contributed by atoms with Crippen LogP contribution in [0.5, 0.6) is 0 Å². The van der Waals surface area contributed by atoms with Gasteiger partial charge in [-0.1, -0.05) is 25.5 Å². The van der Waals surface area contributed by atoms with E-state index < -0.39 is 0 Å². The third kappa shape index (κ3) is 2.58. The maximum atomic E-state index is 5.89. The zero-order valence-corrected chi connectivity index (χ0v) is 9.55. The Morgan fingerprint density at radius 2 is 2.36 bits per heavy atom. The van der Waals surface area contributed by atoms with Crippen LogP contribution in [0.2, 0.25) is 0 Å². The summed E-state index contributed by atoms with van der Waals surface area (Å²) in [4.78, 5) is 0. The molecule has 0 heterocycles. The normalized spacial score (nSPS) is 32.9. The number of rotatable bonds is 5. The fraction of sp³-hybridized carbons (Fsp3) is 0.833. The minimum absolute atomic E-state index is 0.238. The Morgan fingerprint density at radius 1 is 1.57 bits per heavy atom. The van der Waals surface area contributed by atoms with Gasteiger partial charge in [-0.05, 0) is 38.6 Å². The molecule has 0 aromatic heterocycles. The van der Waals surface area contributed by atoms with Crippen molar-refractivity contribution in [3.8, 4) is 0 Å². The van der Waals surface area contributed by atoms with Crippen molar-refractivity contribution in [2.45, 2.75) is 45.1 Å². The van der Waals surface area contributed by atoms with Gasteiger partial charge in [-0.25, -0.2) is 0 Å². The first-order valence-corrected chi connectivity index (χ1v) is 5.81. The molecule has 3 N–H and O–H groups in total. The maximum Gasteiger partial charge on any atom is 0.0329 e. The van der Waals surface area contributed by atoms with Crippen molar-refractivity contribution >= 4 is 0 Å². The molecule has 2 heteroatoms. The molecule has 0 spiro atoms. The summed E-state index contributed by atoms with van der Waals surface area (Å²) in [7, 11) is 0. The van der Waals surface area contributed by atoms with Crippen molar-refractivity contribution in [1.29, 1.82) is 0 Å². The lowest BCUT2D eigenvalue weighted by molar-refractivity contribution is 0.269. The summed E-state index contributed by atoms with van der Waals surface area (Å²) in [5, 5.41) is 3.65. The first kappa shape index (κ1) is 11.7. The van der Waals surface area contributed by atoms with Crippen LogP contribution in [0.15, 0.2) is 12.2 Å². The van der Waals surface area contributed by atoms with Crippen LogP contribution in [0.4, 0.5) is 0 Å². The van der Waals surface area contributed by atoms with Gasteiger partial charge in [0.05, 0.1) is 0 Å². The molecule has 1 saturated carbocycles. The van der Waals surface area contributed by atoms with Crippen LogP contribution in [0.1, 0.15) is 39.5 Å². The van der Waals surface area contributed by atoms with Gasteiger partial charge in [0.1, 0.15) is 0 Å². The molecule has 2 nitrogen and oxygen atoms in total. The Morgan fingerprint density at radius 3 is 2.86 bits per heavy atom. The molecule has 1 fully saturated rings. The fourth-order valence-electron chi connectivity index (χ4n) is 2.46. The van der Waals surface area contributed by atoms with Gasteiger partial charge in [-0.3, -0.25) is 0 Å². The minimum Gasteiger partial charge on any atom is -0.329 e. The molecule has 82 valence electrons. The van der Waals surface area contributed by atoms with E-state index >= 15 is 0 Å². The van der Waals surface area contributed by atoms with E-state index in [1.165, 1.54) is 19.3 Å². The first-order valence-electron chi connectivity index (χ1n) is 5.81. The highest BCUT2D eigenvalue weighted by atomic mass is 15.0. The Balaban J connectivity index is 2.37. The molecular weight excluding hydrogens is 172 g/mol. The van der Waals surface area contributed by atoms with Crippen molar-refractivity contribution in [1.82, 2.24) is 5.32 Å². The molecular formula is C12H24N2. The van der Waals surface area contributed by atoms with E-state index in [9.17, 15) is 0 Å². The van der Waals surface area contributed by atoms with Gasteiger partial charge in [0.2, 0.25) is 0 Å². The van der Waals surface area contributed by atoms with Crippen LogP contribution in [0.25, 0.3) is 0 Å². The second-order valence-electron chi connectivity index (χ2n) is 4.44. The van der Waals surface area contributed by atoms with E-state index in [0.29, 0.717) is 0 Å². The Hall–Kier alpha value is -0.340. The molecule has 1 aliphatic rings. The minimum atomic E-state index is 0.238. The van der Waals surface area contributed by atoms with E-state index in [-0.39, 0.29) is 5.54 Å². The zero-order valence-electron chi connectivity index (χ0n) is 9.55. The third-order valence-electron chi connectivity index (χ3n) is 3.59. The number of hydrogen-bond donors (Lipinski definition) is 2. The number of nitrogens with one attached hydrogen (secondary N) is 1. The summed E-state index contributed by atoms with van der Waals surface area (Å²) in [6, 6.07) is 0. The van der Waals surface area contributed by atoms with E-state index in [4.69, 9.17) is 5.73 Å². The second kappa shape index (κ2) is 5.52. The molecule has 14 heavy (non-hydrogen) atoms. The van der Waals surface area contributed by atoms with Crippen LogP contribution >= 0.6 is 0 Å². The van der Waals surface area contributed by atoms with Crippen molar-refractivity contribution < 1.29 is 0 Å². The topological polar surface area (TPSA) is 38.0 Å². The third-order valence-corrected chi connectivity index (χ3v) is 3.59. The first-order chi connectivity index (χ1) is 6.75. The van der Waals surface area contributed by atoms with Crippen LogP contribution in [0.3, 0.4) is 0 Å². The van der Waals surface area contributed by atoms with Crippen LogP contribution in [-0.4, -0.2) is 18.6 Å². The molecule has 2 unspecified atom stereocenters. The molecule has 0 aliphatic heterocycles. The predicted molar refractivity (Wildman–Crippen MR) is 62.2 cm³/mol. The molecule has 0 radical (unpaired) electrons. The lowest BCUT2D eigenvalue weighted by Gasteiger charge is -2.33. The fourth-order valence-corrected chi connectivity index (χ4v) is 2.46. The van der Waals surface area contributed by atoms with Gasteiger partial charge in [-0.2, -0.15) is 0 Å². The zero-order chi connectivity index (χ0) is 10.4. The van der Waals surface area contributed by atoms with Gasteiger partial charge in [0, 0.05) is 12.1 Å². The highest BCUT2D eigenvalue weighted by Crippen LogP contribution is 2.34. The van der Waals surface area contributed by atoms with Gasteiger partial charge in [-0.15, -0.1) is 0 Å². The number of hydrogen-bond acceptors (Lipinski definition) is 2. The average Bonchev–Trinajstić information content (AvgIpc) is 2.56. The lowest BCUT2D eigenvalue weighted by atomic mass is 9.88. The monoisotopic (exact) mass is 196 g/mol. The van der Waals surface area contributed by atoms with Gasteiger partial charge >= 0.3 is 0 Å². The summed E-state index contributed by atoms with van der Waals surface area (Å²) in [5.41, 5.74) is 6.13. The molecule has 0 aromatic rings. The maximum absolute atomic E-state index is 5.89. The smallest absolute Gasteiger partial charge is 0.0329 e. The standard InChI is InChI=1S/C12H24N2/c1-3-4-5-9-14-12(10-13)8-6-7-11(12)2/h3-4,11,14H,5-10,13H2,1-2H3/b4-3+. The highest BCUT2D eigenvalue weighted by molar-refractivity contribution is 4.98. The highest BCUT2D eigenvalue weighted by Gasteiger charge is 2.37. The second-order valence-corrected chi connectivity index (χ2v) is 4.44. The van der Waals surface area contributed by atoms with Gasteiger partial charge < -0.3 is 11.1 Å². The van der Waals surface area contributed by atoms with Gasteiger partial charge in [0.25, 0.3) is 0 Å². The summed E-state index contributed by atoms with van der Waals surface area (Å²) < 4.78 is 0. The molecule has 0 amide bonds. The largest absolute Gasteiger partial charge is 0.329 e. The van der Waals surface area contributed by atoms with E-state index in [2.05, 4.69) is 31.3 Å². The molecule has 0 aromatic carbocycles. The lowest BCUT2D eigenvalue weighted by Crippen LogP contribution is -2.53. The summed E-state index contributed by atoms with van der Waals surface area (Å²) in [6.07, 6.45) is 9.33. The Labute approximate surface area is 87.9 Å². The van der Waals surface area contributed by atoms with E-state index in [0.717, 1.165) is 25.4 Å². The number of nitrogens with two attached hydrogens (primary N) is 1. The quantitative estimate of drug-likeness (QED) is 0.522. The average molecular weight is 196 g/mol. The Kier molecular flexibility index (Phi) is 4.63. The van der Waals surface area contributed by atoms with Crippen LogP contribution in [0, 0.1) is 5.92 Å². The molecule has 2 atom stereocenters. The van der Waals surface area contributed by atoms with Crippen molar-refractivity contribution in [3.63, 3.8) is 0 Å². The predicted octanol–water partition coefficient (Wildman–Crippen LogP) is 2.06. The molecule has 0 bridgehead atoms. The van der Waals surface area contributed by atoms with Crippen LogP contribution in [-0.2, 0) is 0 Å². The Bertz CT molecular complexity index is 189. The van der Waals surface area contributed by atoms with Gasteiger partial charge in [0.15, 0.2) is 0 Å². The summed E-state index contributed by atoms with van der Waals surface area (Å²) in [5.74, 6) is 0.734. The van der Waals surface area contributed by atoms with Crippen LogP contribution < -0.4 is 11.1 Å². The van der Waals surface area contributed by atoms with Crippen molar-refractivity contribution in [2.75, 3.05) is 13.1 Å². The van der Waals surface area contributed by atoms with E-state index in [1.807, 2.05) is 0 Å². The SMILES string of the molecule is C/C=C/CCNC1(CN)CCCC1C. The summed E-state index contributed by atoms with van der Waals surface area (Å²) >= 11 is 0. The molecule has 0 saturated heterocycles. The molecule has 1 rings (SSSR count). The number of allylic oxidation sites excluding steroid dienone is 1. The van der Waals surface area contributed by atoms with Crippen molar-refractivity contribution in [3.05, 3.63) is 12.2 Å². The summed E-state index contributed by atoms with van der Waals surface area (Å²) in [6.45, 7) is 6.23. The van der Waals surface area contributed by atoms with E-state index in [1.54, 1.807) is 0 Å². The molecule has 1 aliphatic carbocycles. The van der Waals surface area contributed by atoms with Crippen molar-refractivity contribution in [2.24, 2.45) is 11.7 Å².